The van der Waals surface area contributed by atoms with Gasteiger partial charge in [-0.3, -0.25) is 9.59 Å². The van der Waals surface area contributed by atoms with Crippen LogP contribution in [0.4, 0.5) is 5.69 Å². The maximum absolute atomic E-state index is 12.1. The average Bonchev–Trinajstić information content (AvgIpc) is 2.50. The summed E-state index contributed by atoms with van der Waals surface area (Å²) < 4.78 is 0. The van der Waals surface area contributed by atoms with Crippen LogP contribution in [0, 0.1) is 12.8 Å². The van der Waals surface area contributed by atoms with E-state index in [0.717, 1.165) is 18.4 Å². The number of piperidine rings is 1. The summed E-state index contributed by atoms with van der Waals surface area (Å²) in [7, 11) is 0. The summed E-state index contributed by atoms with van der Waals surface area (Å²) >= 11 is 6.00. The van der Waals surface area contributed by atoms with Crippen LogP contribution in [-0.4, -0.2) is 41.5 Å². The Balaban J connectivity index is 1.97. The van der Waals surface area contributed by atoms with Crippen LogP contribution in [0.2, 0.25) is 5.02 Å². The van der Waals surface area contributed by atoms with Crippen LogP contribution in [0.5, 0.6) is 0 Å². The standard InChI is InChI=1S/C15H19ClN2O3/c1-10-2-3-12(16)13(8-10)17-14(20)15(21)18-6-4-11(9-19)5-7-18/h2-3,8,11,19H,4-7,9H2,1H3,(H,17,20). The zero-order valence-corrected chi connectivity index (χ0v) is 12.7. The molecule has 1 aliphatic heterocycles. The Labute approximate surface area is 128 Å². The van der Waals surface area contributed by atoms with Crippen LogP contribution in [0.25, 0.3) is 0 Å². The Hall–Kier alpha value is -1.59. The lowest BCUT2D eigenvalue weighted by atomic mass is 9.98. The van der Waals surface area contributed by atoms with E-state index in [1.54, 1.807) is 12.1 Å². The highest BCUT2D eigenvalue weighted by atomic mass is 35.5. The number of hydrogen-bond donors (Lipinski definition) is 2. The van der Waals surface area contributed by atoms with E-state index in [1.807, 2.05) is 13.0 Å². The lowest BCUT2D eigenvalue weighted by Gasteiger charge is -2.30. The monoisotopic (exact) mass is 310 g/mol. The van der Waals surface area contributed by atoms with E-state index < -0.39 is 11.8 Å². The van der Waals surface area contributed by atoms with Crippen LogP contribution in [0.15, 0.2) is 18.2 Å². The number of halogens is 1. The zero-order chi connectivity index (χ0) is 15.4. The van der Waals surface area contributed by atoms with E-state index in [0.29, 0.717) is 23.8 Å². The van der Waals surface area contributed by atoms with Gasteiger partial charge in [0.05, 0.1) is 10.7 Å². The van der Waals surface area contributed by atoms with Crippen molar-refractivity contribution < 1.29 is 14.7 Å². The lowest BCUT2D eigenvalue weighted by molar-refractivity contribution is -0.144. The first-order valence-corrected chi connectivity index (χ1v) is 7.36. The molecule has 2 rings (SSSR count). The molecule has 0 saturated carbocycles. The molecule has 0 aromatic heterocycles. The zero-order valence-electron chi connectivity index (χ0n) is 11.9. The number of rotatable bonds is 2. The van der Waals surface area contributed by atoms with E-state index in [9.17, 15) is 9.59 Å². The molecule has 0 spiro atoms. The molecule has 0 radical (unpaired) electrons. The summed E-state index contributed by atoms with van der Waals surface area (Å²) in [4.78, 5) is 25.6. The molecular formula is C15H19ClN2O3. The third-order valence-corrected chi connectivity index (χ3v) is 4.05. The second-order valence-corrected chi connectivity index (χ2v) is 5.76. The van der Waals surface area contributed by atoms with Crippen LogP contribution in [-0.2, 0) is 9.59 Å². The fourth-order valence-electron chi connectivity index (χ4n) is 2.37. The van der Waals surface area contributed by atoms with Gasteiger partial charge in [-0.1, -0.05) is 17.7 Å². The van der Waals surface area contributed by atoms with Crippen molar-refractivity contribution in [1.29, 1.82) is 0 Å². The molecule has 1 aliphatic rings. The van der Waals surface area contributed by atoms with Gasteiger partial charge in [0.25, 0.3) is 0 Å². The van der Waals surface area contributed by atoms with Gasteiger partial charge in [-0.05, 0) is 43.4 Å². The van der Waals surface area contributed by atoms with E-state index in [2.05, 4.69) is 5.32 Å². The predicted molar refractivity (Wildman–Crippen MR) is 81.2 cm³/mol. The largest absolute Gasteiger partial charge is 0.396 e. The number of likely N-dealkylation sites (tertiary alicyclic amines) is 1. The van der Waals surface area contributed by atoms with Gasteiger partial charge in [0.1, 0.15) is 0 Å². The highest BCUT2D eigenvalue weighted by molar-refractivity contribution is 6.41. The number of benzene rings is 1. The van der Waals surface area contributed by atoms with Gasteiger partial charge in [0.2, 0.25) is 0 Å². The minimum Gasteiger partial charge on any atom is -0.396 e. The number of nitrogens with zero attached hydrogens (tertiary/aromatic N) is 1. The minimum absolute atomic E-state index is 0.132. The molecular weight excluding hydrogens is 292 g/mol. The molecule has 1 heterocycles. The molecule has 21 heavy (non-hydrogen) atoms. The number of aliphatic hydroxyl groups is 1. The van der Waals surface area contributed by atoms with E-state index in [1.165, 1.54) is 4.90 Å². The first-order chi connectivity index (χ1) is 10.0. The molecule has 1 aromatic rings. The van der Waals surface area contributed by atoms with E-state index in [-0.39, 0.29) is 12.5 Å². The number of aliphatic hydroxyl groups excluding tert-OH is 1. The molecule has 2 N–H and O–H groups in total. The molecule has 0 unspecified atom stereocenters. The maximum Gasteiger partial charge on any atom is 0.313 e. The molecule has 114 valence electrons. The van der Waals surface area contributed by atoms with Gasteiger partial charge in [-0.25, -0.2) is 0 Å². The minimum atomic E-state index is -0.676. The summed E-state index contributed by atoms with van der Waals surface area (Å²) in [5.41, 5.74) is 1.39. The maximum atomic E-state index is 12.1. The van der Waals surface area contributed by atoms with Gasteiger partial charge in [-0.2, -0.15) is 0 Å². The second kappa shape index (κ2) is 6.91. The highest BCUT2D eigenvalue weighted by Gasteiger charge is 2.27. The van der Waals surface area contributed by atoms with Gasteiger partial charge >= 0.3 is 11.8 Å². The van der Waals surface area contributed by atoms with Crippen molar-refractivity contribution in [3.8, 4) is 0 Å². The Morgan fingerprint density at radius 1 is 1.38 bits per heavy atom. The second-order valence-electron chi connectivity index (χ2n) is 5.36. The topological polar surface area (TPSA) is 69.6 Å². The lowest BCUT2D eigenvalue weighted by Crippen LogP contribution is -2.44. The Morgan fingerprint density at radius 3 is 2.67 bits per heavy atom. The van der Waals surface area contributed by atoms with E-state index in [4.69, 9.17) is 16.7 Å². The van der Waals surface area contributed by atoms with Crippen molar-refractivity contribution in [2.45, 2.75) is 19.8 Å². The molecule has 2 amide bonds. The van der Waals surface area contributed by atoms with Crippen LogP contribution in [0.3, 0.4) is 0 Å². The summed E-state index contributed by atoms with van der Waals surface area (Å²) in [5, 5.41) is 12.0. The molecule has 5 nitrogen and oxygen atoms in total. The third-order valence-electron chi connectivity index (χ3n) is 3.72. The van der Waals surface area contributed by atoms with E-state index >= 15 is 0 Å². The summed E-state index contributed by atoms with van der Waals surface area (Å²) in [6.07, 6.45) is 1.45. The van der Waals surface area contributed by atoms with Crippen LogP contribution in [0.1, 0.15) is 18.4 Å². The average molecular weight is 311 g/mol. The molecule has 0 bridgehead atoms. The number of anilines is 1. The number of amides is 2. The Morgan fingerprint density at radius 2 is 2.05 bits per heavy atom. The number of hydrogen-bond acceptors (Lipinski definition) is 3. The quantitative estimate of drug-likeness (QED) is 0.819. The number of nitrogens with one attached hydrogen (secondary N) is 1. The number of carbonyl (C=O) groups excluding carboxylic acids is 2. The molecule has 6 heteroatoms. The normalized spacial score (nSPS) is 15.9. The van der Waals surface area contributed by atoms with Crippen molar-refractivity contribution in [1.82, 2.24) is 4.90 Å². The summed E-state index contributed by atoms with van der Waals surface area (Å²) in [6.45, 7) is 3.01. The molecule has 0 aliphatic carbocycles. The third kappa shape index (κ3) is 3.95. The number of carbonyl (C=O) groups is 2. The summed E-state index contributed by atoms with van der Waals surface area (Å²) in [6, 6.07) is 5.24. The first-order valence-electron chi connectivity index (χ1n) is 6.98. The van der Waals surface area contributed by atoms with Crippen LogP contribution < -0.4 is 5.32 Å². The Kier molecular flexibility index (Phi) is 5.20. The molecule has 0 atom stereocenters. The van der Waals surface area contributed by atoms with Crippen LogP contribution >= 0.6 is 11.6 Å². The fourth-order valence-corrected chi connectivity index (χ4v) is 2.54. The number of aryl methyl sites for hydroxylation is 1. The van der Waals surface area contributed by atoms with Crippen molar-refractivity contribution in [2.24, 2.45) is 5.92 Å². The smallest absolute Gasteiger partial charge is 0.313 e. The van der Waals surface area contributed by atoms with Gasteiger partial charge < -0.3 is 15.3 Å². The first kappa shape index (κ1) is 15.8. The molecule has 1 fully saturated rings. The van der Waals surface area contributed by atoms with Gasteiger partial charge in [0, 0.05) is 19.7 Å². The predicted octanol–water partition coefficient (Wildman–Crippen LogP) is 1.82. The molecule has 1 aromatic carbocycles. The molecule has 1 saturated heterocycles. The highest BCUT2D eigenvalue weighted by Crippen LogP contribution is 2.23. The summed E-state index contributed by atoms with van der Waals surface area (Å²) in [5.74, 6) is -1.00. The SMILES string of the molecule is Cc1ccc(Cl)c(NC(=O)C(=O)N2CCC(CO)CC2)c1. The van der Waals surface area contributed by atoms with Crippen molar-refractivity contribution in [3.05, 3.63) is 28.8 Å². The van der Waals surface area contributed by atoms with Crippen molar-refractivity contribution in [2.75, 3.05) is 25.0 Å². The fraction of sp³-hybridized carbons (Fsp3) is 0.467. The van der Waals surface area contributed by atoms with Gasteiger partial charge in [-0.15, -0.1) is 0 Å². The Bertz CT molecular complexity index is 540. The van der Waals surface area contributed by atoms with Gasteiger partial charge in [0.15, 0.2) is 0 Å². The van der Waals surface area contributed by atoms with Crippen molar-refractivity contribution >= 4 is 29.1 Å². The van der Waals surface area contributed by atoms with Crippen molar-refractivity contribution in [3.63, 3.8) is 0 Å².